The normalized spacial score (nSPS) is 11.9. The Hall–Kier alpha value is -4.06. The average molecular weight is 503 g/mol. The Bertz CT molecular complexity index is 1270. The van der Waals surface area contributed by atoms with Crippen molar-refractivity contribution >= 4 is 0 Å². The van der Waals surface area contributed by atoms with Gasteiger partial charge in [-0.05, 0) is 89.0 Å². The van der Waals surface area contributed by atoms with Crippen LogP contribution in [0.4, 0.5) is 0 Å². The van der Waals surface area contributed by atoms with Gasteiger partial charge in [0, 0.05) is 0 Å². The summed E-state index contributed by atoms with van der Waals surface area (Å²) in [5, 5.41) is 0. The first-order valence-electron chi connectivity index (χ1n) is 12.2. The van der Waals surface area contributed by atoms with Crippen LogP contribution in [-0.4, -0.2) is 41.7 Å². The Balaban J connectivity index is 1.95. The Kier molecular flexibility index (Phi) is 8.29. The monoisotopic (exact) mass is 502 g/mol. The molecule has 3 aromatic carbocycles. The molecule has 3 aromatic rings. The lowest BCUT2D eigenvalue weighted by Gasteiger charge is -2.18. The molecule has 0 saturated carbocycles. The first kappa shape index (κ1) is 26.0. The summed E-state index contributed by atoms with van der Waals surface area (Å²) in [7, 11) is 6.63. The number of benzene rings is 3. The molecule has 0 radical (unpaired) electrons. The van der Waals surface area contributed by atoms with E-state index in [-0.39, 0.29) is 0 Å². The maximum atomic E-state index is 5.95. The number of fused-ring (bicyclic) bond motifs is 3. The van der Waals surface area contributed by atoms with Crippen LogP contribution < -0.4 is 28.4 Å². The summed E-state index contributed by atoms with van der Waals surface area (Å²) < 4.78 is 34.6. The molecule has 6 heteroatoms. The minimum atomic E-state index is 0.392. The van der Waals surface area contributed by atoms with Crippen LogP contribution in [0.3, 0.4) is 0 Å². The van der Waals surface area contributed by atoms with Crippen molar-refractivity contribution in [2.45, 2.75) is 19.3 Å². The van der Waals surface area contributed by atoms with Crippen LogP contribution in [0, 0.1) is 0 Å². The summed E-state index contributed by atoms with van der Waals surface area (Å²) in [6.45, 7) is 8.33. The van der Waals surface area contributed by atoms with E-state index in [2.05, 4.69) is 49.6 Å². The Labute approximate surface area is 219 Å². The van der Waals surface area contributed by atoms with Crippen LogP contribution in [0.1, 0.15) is 33.4 Å². The van der Waals surface area contributed by atoms with E-state index in [9.17, 15) is 0 Å². The van der Waals surface area contributed by atoms with E-state index < -0.39 is 0 Å². The summed E-state index contributed by atoms with van der Waals surface area (Å²) in [5.41, 5.74) is 6.88. The summed E-state index contributed by atoms with van der Waals surface area (Å²) >= 11 is 0. The van der Waals surface area contributed by atoms with E-state index in [1.807, 2.05) is 0 Å². The van der Waals surface area contributed by atoms with E-state index in [0.717, 1.165) is 33.4 Å². The summed E-state index contributed by atoms with van der Waals surface area (Å²) in [6, 6.07) is 12.4. The fourth-order valence-electron chi connectivity index (χ4n) is 4.70. The van der Waals surface area contributed by atoms with Crippen molar-refractivity contribution in [3.05, 3.63) is 95.1 Å². The van der Waals surface area contributed by atoms with E-state index in [1.165, 1.54) is 0 Å². The minimum absolute atomic E-state index is 0.392. The molecular weight excluding hydrogens is 468 g/mol. The molecule has 37 heavy (non-hydrogen) atoms. The van der Waals surface area contributed by atoms with Gasteiger partial charge in [-0.25, -0.2) is 0 Å². The van der Waals surface area contributed by atoms with Crippen LogP contribution in [0.15, 0.2) is 61.7 Å². The maximum Gasteiger partial charge on any atom is 0.161 e. The molecule has 0 unspecified atom stereocenters. The van der Waals surface area contributed by atoms with Gasteiger partial charge in [0.1, 0.15) is 13.2 Å². The highest BCUT2D eigenvalue weighted by molar-refractivity contribution is 5.58. The van der Waals surface area contributed by atoms with Crippen molar-refractivity contribution < 1.29 is 28.4 Å². The first-order chi connectivity index (χ1) is 18.0. The number of ether oxygens (including phenoxy) is 6. The first-order valence-corrected chi connectivity index (χ1v) is 12.2. The molecule has 6 nitrogen and oxygen atoms in total. The lowest BCUT2D eigenvalue weighted by atomic mass is 9.94. The molecule has 0 aliphatic heterocycles. The molecule has 194 valence electrons. The lowest BCUT2D eigenvalue weighted by Crippen LogP contribution is -2.04. The third-order valence-corrected chi connectivity index (χ3v) is 6.53. The molecule has 0 heterocycles. The van der Waals surface area contributed by atoms with Gasteiger partial charge in [-0.2, -0.15) is 0 Å². The van der Waals surface area contributed by atoms with Crippen molar-refractivity contribution in [1.29, 1.82) is 0 Å². The molecule has 0 spiro atoms. The minimum Gasteiger partial charge on any atom is -0.493 e. The molecule has 1 aliphatic rings. The second-order valence-corrected chi connectivity index (χ2v) is 8.75. The summed E-state index contributed by atoms with van der Waals surface area (Å²) in [5.74, 6) is 4.15. The predicted molar refractivity (Wildman–Crippen MR) is 145 cm³/mol. The maximum absolute atomic E-state index is 5.95. The van der Waals surface area contributed by atoms with Crippen LogP contribution in [0.2, 0.25) is 0 Å². The number of hydrogen-bond donors (Lipinski definition) is 0. The van der Waals surface area contributed by atoms with Crippen LogP contribution >= 0.6 is 0 Å². The molecule has 0 aromatic heterocycles. The molecular formula is C31H34O6. The highest BCUT2D eigenvalue weighted by Crippen LogP contribution is 2.40. The average Bonchev–Trinajstić information content (AvgIpc) is 2.98. The van der Waals surface area contributed by atoms with Gasteiger partial charge in [-0.1, -0.05) is 25.3 Å². The second kappa shape index (κ2) is 11.8. The van der Waals surface area contributed by atoms with E-state index in [0.29, 0.717) is 67.0 Å². The third-order valence-electron chi connectivity index (χ3n) is 6.53. The van der Waals surface area contributed by atoms with E-state index in [1.54, 1.807) is 40.6 Å². The molecule has 0 saturated heterocycles. The SMILES string of the molecule is C=CCOc1cc2c(cc1OC)Cc1cc(OCC=C)c(OC)cc1Cc1cc(OC)c(OC)cc1C2. The van der Waals surface area contributed by atoms with Crippen LogP contribution in [-0.2, 0) is 19.3 Å². The van der Waals surface area contributed by atoms with Crippen molar-refractivity contribution in [2.24, 2.45) is 0 Å². The topological polar surface area (TPSA) is 55.4 Å². The fraction of sp³-hybridized carbons (Fsp3) is 0.290. The zero-order valence-corrected chi connectivity index (χ0v) is 22.0. The van der Waals surface area contributed by atoms with Crippen LogP contribution in [0.25, 0.3) is 0 Å². The highest BCUT2D eigenvalue weighted by atomic mass is 16.5. The van der Waals surface area contributed by atoms with Gasteiger partial charge in [0.2, 0.25) is 0 Å². The Morgan fingerprint density at radius 2 is 0.730 bits per heavy atom. The number of rotatable bonds is 10. The van der Waals surface area contributed by atoms with Crippen molar-refractivity contribution in [3.63, 3.8) is 0 Å². The van der Waals surface area contributed by atoms with Gasteiger partial charge in [0.15, 0.2) is 34.5 Å². The van der Waals surface area contributed by atoms with Crippen molar-refractivity contribution in [1.82, 2.24) is 0 Å². The Morgan fingerprint density at radius 1 is 0.486 bits per heavy atom. The van der Waals surface area contributed by atoms with Crippen molar-refractivity contribution in [2.75, 3.05) is 41.7 Å². The zero-order chi connectivity index (χ0) is 26.4. The van der Waals surface area contributed by atoms with Gasteiger partial charge < -0.3 is 28.4 Å². The van der Waals surface area contributed by atoms with Gasteiger partial charge in [-0.3, -0.25) is 0 Å². The number of methoxy groups -OCH3 is 4. The van der Waals surface area contributed by atoms with Crippen LogP contribution in [0.5, 0.6) is 34.5 Å². The smallest absolute Gasteiger partial charge is 0.161 e. The summed E-state index contributed by atoms with van der Waals surface area (Å²) in [4.78, 5) is 0. The number of hydrogen-bond acceptors (Lipinski definition) is 6. The quantitative estimate of drug-likeness (QED) is 0.250. The standard InChI is InChI=1S/C31H34O6/c1-7-9-36-30-18-24-12-21-15-27(33-4)26(32-3)14-20(21)11-22-16-28(34-5)31(37-10-8-2)19-25(22)13-23(24)17-29(30)35-6/h7-8,14-19H,1-2,9-13H2,3-6H3. The van der Waals surface area contributed by atoms with Gasteiger partial charge in [0.25, 0.3) is 0 Å². The summed E-state index contributed by atoms with van der Waals surface area (Å²) in [6.07, 6.45) is 5.54. The molecule has 0 atom stereocenters. The van der Waals surface area contributed by atoms with E-state index in [4.69, 9.17) is 28.4 Å². The largest absolute Gasteiger partial charge is 0.493 e. The molecule has 0 fully saturated rings. The third kappa shape index (κ3) is 5.53. The molecule has 1 aliphatic carbocycles. The molecule has 0 N–H and O–H groups in total. The fourth-order valence-corrected chi connectivity index (χ4v) is 4.70. The van der Waals surface area contributed by atoms with Gasteiger partial charge >= 0.3 is 0 Å². The lowest BCUT2D eigenvalue weighted by molar-refractivity contribution is 0.325. The zero-order valence-electron chi connectivity index (χ0n) is 22.0. The predicted octanol–water partition coefficient (Wildman–Crippen LogP) is 5.94. The van der Waals surface area contributed by atoms with Crippen molar-refractivity contribution in [3.8, 4) is 34.5 Å². The van der Waals surface area contributed by atoms with E-state index >= 15 is 0 Å². The molecule has 4 rings (SSSR count). The molecule has 0 bridgehead atoms. The van der Waals surface area contributed by atoms with Gasteiger partial charge in [-0.15, -0.1) is 0 Å². The second-order valence-electron chi connectivity index (χ2n) is 8.75. The highest BCUT2D eigenvalue weighted by Gasteiger charge is 2.22. The van der Waals surface area contributed by atoms with Gasteiger partial charge in [0.05, 0.1) is 28.4 Å². The Morgan fingerprint density at radius 3 is 0.973 bits per heavy atom. The molecule has 0 amide bonds.